The van der Waals surface area contributed by atoms with Crippen LogP contribution in [0.3, 0.4) is 0 Å². The van der Waals surface area contributed by atoms with Crippen LogP contribution in [0.15, 0.2) is 0 Å². The predicted octanol–water partition coefficient (Wildman–Crippen LogP) is 0.0590. The summed E-state index contributed by atoms with van der Waals surface area (Å²) in [6.07, 6.45) is 4.53. The Balaban J connectivity index is 1.91. The molecule has 2 rings (SSSR count). The molecule has 0 bridgehead atoms. The van der Waals surface area contributed by atoms with Crippen molar-refractivity contribution in [3.63, 3.8) is 0 Å². The van der Waals surface area contributed by atoms with Crippen molar-refractivity contribution < 1.29 is 13.2 Å². The second-order valence-electron chi connectivity index (χ2n) is 5.51. The van der Waals surface area contributed by atoms with Crippen molar-refractivity contribution in [2.75, 3.05) is 26.7 Å². The summed E-state index contributed by atoms with van der Waals surface area (Å²) >= 11 is 0. The highest BCUT2D eigenvalue weighted by molar-refractivity contribution is 7.87. The van der Waals surface area contributed by atoms with E-state index in [9.17, 15) is 8.42 Å². The third kappa shape index (κ3) is 3.66. The first-order valence-corrected chi connectivity index (χ1v) is 8.51. The van der Waals surface area contributed by atoms with Crippen molar-refractivity contribution in [3.8, 4) is 0 Å². The molecular weight excluding hydrogens is 266 g/mol. The van der Waals surface area contributed by atoms with Crippen LogP contribution in [0.1, 0.15) is 32.1 Å². The molecule has 1 saturated heterocycles. The van der Waals surface area contributed by atoms with Gasteiger partial charge in [-0.05, 0) is 44.6 Å². The zero-order chi connectivity index (χ0) is 13.9. The minimum absolute atomic E-state index is 0.0105. The zero-order valence-electron chi connectivity index (χ0n) is 11.5. The van der Waals surface area contributed by atoms with Crippen LogP contribution in [0.4, 0.5) is 0 Å². The Morgan fingerprint density at radius 1 is 1.26 bits per heavy atom. The molecule has 0 spiro atoms. The largest absolute Gasteiger partial charge is 0.380 e. The van der Waals surface area contributed by atoms with Crippen molar-refractivity contribution >= 4 is 10.2 Å². The van der Waals surface area contributed by atoms with Crippen molar-refractivity contribution in [2.45, 2.75) is 44.2 Å². The van der Waals surface area contributed by atoms with Crippen molar-refractivity contribution in [1.82, 2.24) is 9.03 Å². The minimum atomic E-state index is -3.38. The van der Waals surface area contributed by atoms with Crippen LogP contribution in [-0.4, -0.2) is 51.6 Å². The lowest BCUT2D eigenvalue weighted by molar-refractivity contribution is 0.0909. The topological polar surface area (TPSA) is 84.7 Å². The Hall–Kier alpha value is -0.210. The zero-order valence-corrected chi connectivity index (χ0v) is 12.4. The van der Waals surface area contributed by atoms with Gasteiger partial charge >= 0.3 is 0 Å². The van der Waals surface area contributed by atoms with Gasteiger partial charge in [-0.1, -0.05) is 0 Å². The molecule has 1 aliphatic carbocycles. The van der Waals surface area contributed by atoms with E-state index in [0.29, 0.717) is 25.6 Å². The third-order valence-corrected chi connectivity index (χ3v) is 5.95. The van der Waals surface area contributed by atoms with Gasteiger partial charge in [-0.2, -0.15) is 17.4 Å². The molecule has 2 fully saturated rings. The molecular formula is C12H25N3O3S. The van der Waals surface area contributed by atoms with E-state index < -0.39 is 10.2 Å². The predicted molar refractivity (Wildman–Crippen MR) is 73.8 cm³/mol. The van der Waals surface area contributed by atoms with Crippen LogP contribution in [0.25, 0.3) is 0 Å². The highest BCUT2D eigenvalue weighted by Crippen LogP contribution is 2.24. The lowest BCUT2D eigenvalue weighted by Gasteiger charge is -2.32. The molecule has 0 radical (unpaired) electrons. The van der Waals surface area contributed by atoms with Crippen molar-refractivity contribution in [1.29, 1.82) is 0 Å². The Bertz CT molecular complexity index is 380. The number of nitrogens with one attached hydrogen (secondary N) is 1. The molecule has 112 valence electrons. The summed E-state index contributed by atoms with van der Waals surface area (Å²) in [5.74, 6) is 0.463. The Labute approximate surface area is 115 Å². The molecule has 3 N–H and O–H groups in total. The fraction of sp³-hybridized carbons (Fsp3) is 1.00. The fourth-order valence-corrected chi connectivity index (χ4v) is 4.49. The summed E-state index contributed by atoms with van der Waals surface area (Å²) < 4.78 is 34.3. The van der Waals surface area contributed by atoms with Crippen LogP contribution in [-0.2, 0) is 14.9 Å². The number of ether oxygens (including phenoxy) is 1. The van der Waals surface area contributed by atoms with Gasteiger partial charge in [0.15, 0.2) is 0 Å². The third-order valence-electron chi connectivity index (χ3n) is 4.30. The van der Waals surface area contributed by atoms with Gasteiger partial charge in [-0.3, -0.25) is 0 Å². The number of nitrogens with two attached hydrogens (primary N) is 1. The lowest BCUT2D eigenvalue weighted by Crippen LogP contribution is -2.50. The van der Waals surface area contributed by atoms with E-state index in [4.69, 9.17) is 10.5 Å². The Morgan fingerprint density at radius 2 is 1.95 bits per heavy atom. The van der Waals surface area contributed by atoms with Gasteiger partial charge in [0.2, 0.25) is 0 Å². The second kappa shape index (κ2) is 6.49. The van der Waals surface area contributed by atoms with Gasteiger partial charge < -0.3 is 10.5 Å². The first-order chi connectivity index (χ1) is 9.06. The molecule has 1 saturated carbocycles. The number of piperidine rings is 1. The Morgan fingerprint density at radius 3 is 2.53 bits per heavy atom. The monoisotopic (exact) mass is 291 g/mol. The van der Waals surface area contributed by atoms with E-state index in [0.717, 1.165) is 32.1 Å². The molecule has 0 aromatic carbocycles. The summed E-state index contributed by atoms with van der Waals surface area (Å²) in [4.78, 5) is 0. The molecule has 0 amide bonds. The maximum atomic E-state index is 12.3. The van der Waals surface area contributed by atoms with E-state index >= 15 is 0 Å². The van der Waals surface area contributed by atoms with Gasteiger partial charge in [0, 0.05) is 26.2 Å². The standard InChI is InChI=1S/C12H25N3O3S/c1-18-12-4-2-3-11(12)14-19(16,17)15-7-5-10(9-13)6-8-15/h10-12,14H,2-9,13H2,1H3. The van der Waals surface area contributed by atoms with Crippen LogP contribution < -0.4 is 10.5 Å². The summed E-state index contributed by atoms with van der Waals surface area (Å²) in [5, 5.41) is 0. The fourth-order valence-electron chi connectivity index (χ4n) is 2.99. The lowest BCUT2D eigenvalue weighted by atomic mass is 9.99. The first kappa shape index (κ1) is 15.2. The highest BCUT2D eigenvalue weighted by Gasteiger charge is 2.34. The first-order valence-electron chi connectivity index (χ1n) is 7.07. The van der Waals surface area contributed by atoms with E-state index in [-0.39, 0.29) is 12.1 Å². The number of hydrogen-bond donors (Lipinski definition) is 2. The summed E-state index contributed by atoms with van der Waals surface area (Å²) in [5.41, 5.74) is 5.63. The molecule has 7 heteroatoms. The molecule has 1 heterocycles. The quantitative estimate of drug-likeness (QED) is 0.750. The maximum Gasteiger partial charge on any atom is 0.279 e. The van der Waals surface area contributed by atoms with Gasteiger partial charge in [-0.25, -0.2) is 0 Å². The highest BCUT2D eigenvalue weighted by atomic mass is 32.2. The van der Waals surface area contributed by atoms with E-state index in [1.807, 2.05) is 0 Å². The van der Waals surface area contributed by atoms with Crippen LogP contribution >= 0.6 is 0 Å². The van der Waals surface area contributed by atoms with Gasteiger partial charge in [0.1, 0.15) is 0 Å². The molecule has 2 unspecified atom stereocenters. The summed E-state index contributed by atoms with van der Waals surface area (Å²) in [7, 11) is -1.74. The van der Waals surface area contributed by atoms with Crippen LogP contribution in [0.5, 0.6) is 0 Å². The second-order valence-corrected chi connectivity index (χ2v) is 7.21. The molecule has 0 aromatic rings. The SMILES string of the molecule is COC1CCCC1NS(=O)(=O)N1CCC(CN)CC1. The van der Waals surface area contributed by atoms with E-state index in [1.165, 1.54) is 0 Å². The van der Waals surface area contributed by atoms with Gasteiger partial charge in [0.05, 0.1) is 6.10 Å². The molecule has 6 nitrogen and oxygen atoms in total. The van der Waals surface area contributed by atoms with Crippen molar-refractivity contribution in [3.05, 3.63) is 0 Å². The Kier molecular flexibility index (Phi) is 5.19. The molecule has 0 aromatic heterocycles. The normalized spacial score (nSPS) is 30.8. The molecule has 19 heavy (non-hydrogen) atoms. The van der Waals surface area contributed by atoms with E-state index in [2.05, 4.69) is 4.72 Å². The molecule has 1 aliphatic heterocycles. The molecule has 2 aliphatic rings. The average Bonchev–Trinajstić information content (AvgIpc) is 2.85. The van der Waals surface area contributed by atoms with Gasteiger partial charge in [-0.15, -0.1) is 0 Å². The van der Waals surface area contributed by atoms with Crippen molar-refractivity contribution in [2.24, 2.45) is 11.7 Å². The number of nitrogens with zero attached hydrogens (tertiary/aromatic N) is 1. The maximum absolute atomic E-state index is 12.3. The van der Waals surface area contributed by atoms with E-state index in [1.54, 1.807) is 11.4 Å². The van der Waals surface area contributed by atoms with Crippen LogP contribution in [0, 0.1) is 5.92 Å². The summed E-state index contributed by atoms with van der Waals surface area (Å²) in [6.45, 7) is 1.79. The van der Waals surface area contributed by atoms with Gasteiger partial charge in [0.25, 0.3) is 10.2 Å². The minimum Gasteiger partial charge on any atom is -0.380 e. The summed E-state index contributed by atoms with van der Waals surface area (Å²) in [6, 6.07) is -0.0813. The number of methoxy groups -OCH3 is 1. The smallest absolute Gasteiger partial charge is 0.279 e. The average molecular weight is 291 g/mol. The number of hydrogen-bond acceptors (Lipinski definition) is 4. The molecule has 2 atom stereocenters. The van der Waals surface area contributed by atoms with Crippen LogP contribution in [0.2, 0.25) is 0 Å². The number of rotatable bonds is 5.